The molecule has 0 bridgehead atoms. The fraction of sp³-hybridized carbons (Fsp3) is 0.286. The number of anilines is 1. The summed E-state index contributed by atoms with van der Waals surface area (Å²) in [4.78, 5) is 36.7. The van der Waals surface area contributed by atoms with Crippen LogP contribution in [0.2, 0.25) is 0 Å². The van der Waals surface area contributed by atoms with Gasteiger partial charge in [-0.3, -0.25) is 9.59 Å². The van der Waals surface area contributed by atoms with Gasteiger partial charge in [0.05, 0.1) is 0 Å². The van der Waals surface area contributed by atoms with Gasteiger partial charge in [0, 0.05) is 40.5 Å². The maximum absolute atomic E-state index is 12.7. The number of nitrogens with two attached hydrogens (primary N) is 1. The Morgan fingerprint density at radius 2 is 2.00 bits per heavy atom. The van der Waals surface area contributed by atoms with Crippen molar-refractivity contribution in [3.05, 3.63) is 53.0 Å². The molecule has 1 unspecified atom stereocenters. The molecule has 3 aromatic heterocycles. The number of carbonyl (C=O) groups excluding carboxylic acids is 2. The van der Waals surface area contributed by atoms with Crippen LogP contribution in [0.5, 0.6) is 0 Å². The third kappa shape index (κ3) is 3.49. The molecule has 154 valence electrons. The van der Waals surface area contributed by atoms with Crippen molar-refractivity contribution < 1.29 is 14.3 Å². The second-order valence-corrected chi connectivity index (χ2v) is 7.19. The van der Waals surface area contributed by atoms with Crippen LogP contribution in [0.1, 0.15) is 40.7 Å². The van der Waals surface area contributed by atoms with Crippen LogP contribution >= 0.6 is 0 Å². The number of aryl methyl sites for hydroxylation is 2. The number of Topliss-reactive ketones (excluding diaryl/α,β-unsaturated/α-hetero) is 1. The van der Waals surface area contributed by atoms with Gasteiger partial charge in [-0.2, -0.15) is 9.50 Å². The number of nitrogen functional groups attached to an aromatic ring is 1. The summed E-state index contributed by atoms with van der Waals surface area (Å²) in [5.74, 6) is -0.125. The number of esters is 1. The largest absolute Gasteiger partial charge is 0.454 e. The van der Waals surface area contributed by atoms with Gasteiger partial charge in [-0.25, -0.2) is 4.98 Å². The smallest absolute Gasteiger partial charge is 0.306 e. The number of fused-ring (bicyclic) bond motifs is 2. The summed E-state index contributed by atoms with van der Waals surface area (Å²) in [5.41, 5.74) is 9.47. The molecule has 0 aliphatic carbocycles. The van der Waals surface area contributed by atoms with Crippen LogP contribution in [0.15, 0.2) is 30.5 Å². The summed E-state index contributed by atoms with van der Waals surface area (Å²) in [6.07, 6.45) is 1.29. The zero-order chi connectivity index (χ0) is 21.4. The first-order valence-electron chi connectivity index (χ1n) is 9.63. The summed E-state index contributed by atoms with van der Waals surface area (Å²) >= 11 is 0. The number of nitrogens with one attached hydrogen (secondary N) is 1. The van der Waals surface area contributed by atoms with Gasteiger partial charge in [-0.05, 0) is 38.8 Å². The zero-order valence-corrected chi connectivity index (χ0v) is 17.0. The predicted octanol–water partition coefficient (Wildman–Crippen LogP) is 2.55. The zero-order valence-electron chi connectivity index (χ0n) is 17.0. The minimum Gasteiger partial charge on any atom is -0.454 e. The highest BCUT2D eigenvalue weighted by atomic mass is 16.5. The molecule has 3 N–H and O–H groups in total. The fourth-order valence-corrected chi connectivity index (χ4v) is 3.62. The molecule has 4 aromatic rings. The summed E-state index contributed by atoms with van der Waals surface area (Å²) in [7, 11) is 0. The average Bonchev–Trinajstić information content (AvgIpc) is 3.30. The van der Waals surface area contributed by atoms with Crippen molar-refractivity contribution in [3.63, 3.8) is 0 Å². The number of para-hydroxylation sites is 1. The monoisotopic (exact) mass is 406 g/mol. The highest BCUT2D eigenvalue weighted by molar-refractivity contribution is 6.10. The van der Waals surface area contributed by atoms with Gasteiger partial charge < -0.3 is 15.5 Å². The first kappa shape index (κ1) is 19.6. The van der Waals surface area contributed by atoms with Gasteiger partial charge in [0.25, 0.3) is 5.78 Å². The Morgan fingerprint density at radius 3 is 2.80 bits per heavy atom. The number of H-pyrrole nitrogens is 1. The Labute approximate surface area is 172 Å². The van der Waals surface area contributed by atoms with Crippen molar-refractivity contribution in [1.82, 2.24) is 24.6 Å². The van der Waals surface area contributed by atoms with E-state index in [4.69, 9.17) is 10.5 Å². The molecule has 3 heterocycles. The molecule has 0 amide bonds. The van der Waals surface area contributed by atoms with Crippen LogP contribution in [0.25, 0.3) is 16.7 Å². The highest BCUT2D eigenvalue weighted by Crippen LogP contribution is 2.21. The molecule has 4 rings (SSSR count). The van der Waals surface area contributed by atoms with Crippen molar-refractivity contribution in [2.45, 2.75) is 39.7 Å². The normalized spacial score (nSPS) is 12.4. The molecule has 0 saturated carbocycles. The van der Waals surface area contributed by atoms with Crippen LogP contribution < -0.4 is 5.73 Å². The summed E-state index contributed by atoms with van der Waals surface area (Å²) in [6, 6.07) is 7.50. The quantitative estimate of drug-likeness (QED) is 0.372. The van der Waals surface area contributed by atoms with E-state index in [1.54, 1.807) is 17.6 Å². The maximum Gasteiger partial charge on any atom is 0.306 e. The predicted molar refractivity (Wildman–Crippen MR) is 111 cm³/mol. The molecule has 9 nitrogen and oxygen atoms in total. The lowest BCUT2D eigenvalue weighted by Gasteiger charge is -2.13. The summed E-state index contributed by atoms with van der Waals surface area (Å²) in [5, 5.41) is 4.93. The van der Waals surface area contributed by atoms with Gasteiger partial charge in [0.1, 0.15) is 0 Å². The van der Waals surface area contributed by atoms with Crippen molar-refractivity contribution >= 4 is 34.4 Å². The van der Waals surface area contributed by atoms with Gasteiger partial charge in [0.2, 0.25) is 11.7 Å². The van der Waals surface area contributed by atoms with E-state index in [1.807, 2.05) is 38.1 Å². The number of aromatic nitrogens is 5. The number of carbonyl (C=O) groups is 2. The van der Waals surface area contributed by atoms with Crippen LogP contribution in [0.4, 0.5) is 5.95 Å². The van der Waals surface area contributed by atoms with Crippen LogP contribution in [-0.2, 0) is 16.0 Å². The van der Waals surface area contributed by atoms with E-state index >= 15 is 0 Å². The number of benzene rings is 1. The molecule has 0 aliphatic heterocycles. The first-order chi connectivity index (χ1) is 14.3. The van der Waals surface area contributed by atoms with Crippen molar-refractivity contribution in [2.24, 2.45) is 0 Å². The van der Waals surface area contributed by atoms with Gasteiger partial charge >= 0.3 is 5.97 Å². The molecule has 9 heteroatoms. The Bertz CT molecular complexity index is 1270. The first-order valence-corrected chi connectivity index (χ1v) is 9.63. The van der Waals surface area contributed by atoms with Crippen LogP contribution in [0.3, 0.4) is 0 Å². The number of hydrogen-bond acceptors (Lipinski definition) is 7. The number of nitrogens with zero attached hydrogens (tertiary/aromatic N) is 4. The molecule has 0 fully saturated rings. The number of hydrogen-bond donors (Lipinski definition) is 2. The van der Waals surface area contributed by atoms with E-state index in [1.165, 1.54) is 0 Å². The Morgan fingerprint density at radius 1 is 1.23 bits per heavy atom. The molecular weight excluding hydrogens is 384 g/mol. The molecular formula is C21H22N6O3. The van der Waals surface area contributed by atoms with Gasteiger partial charge in [-0.15, -0.1) is 5.10 Å². The Hall–Kier alpha value is -3.75. The van der Waals surface area contributed by atoms with Crippen molar-refractivity contribution in [1.29, 1.82) is 0 Å². The second-order valence-electron chi connectivity index (χ2n) is 7.19. The topological polar surface area (TPSA) is 128 Å². The minimum atomic E-state index is -0.880. The Balaban J connectivity index is 1.43. The van der Waals surface area contributed by atoms with Gasteiger partial charge in [-0.1, -0.05) is 18.2 Å². The SMILES string of the molecule is Cc1nc2nc(N)nn2c(C)c1CCC(=O)OC(C)C(=O)c1c[nH]c2ccccc12. The number of rotatable bonds is 6. The standard InChI is InChI=1S/C21H22N6O3/c1-11-14(12(2)27-21(24-11)25-20(22)26-27)8-9-18(28)30-13(3)19(29)16-10-23-17-7-5-4-6-15(16)17/h4-7,10,13,23H,8-9H2,1-3H3,(H2,22,26). The lowest BCUT2D eigenvalue weighted by molar-refractivity contribution is -0.146. The van der Waals surface area contributed by atoms with E-state index in [9.17, 15) is 9.59 Å². The fourth-order valence-electron chi connectivity index (χ4n) is 3.62. The number of ether oxygens (including phenoxy) is 1. The van der Waals surface area contributed by atoms with E-state index in [-0.39, 0.29) is 18.2 Å². The lowest BCUT2D eigenvalue weighted by atomic mass is 10.1. The van der Waals surface area contributed by atoms with E-state index < -0.39 is 12.1 Å². The van der Waals surface area contributed by atoms with Gasteiger partial charge in [0.15, 0.2) is 6.10 Å². The van der Waals surface area contributed by atoms with E-state index in [2.05, 4.69) is 20.1 Å². The molecule has 1 aromatic carbocycles. The Kier molecular flexibility index (Phi) is 4.94. The summed E-state index contributed by atoms with van der Waals surface area (Å²) in [6.45, 7) is 5.31. The van der Waals surface area contributed by atoms with Crippen molar-refractivity contribution in [2.75, 3.05) is 5.73 Å². The molecule has 0 aliphatic rings. The third-order valence-corrected chi connectivity index (χ3v) is 5.18. The molecule has 30 heavy (non-hydrogen) atoms. The van der Waals surface area contributed by atoms with Crippen LogP contribution in [0, 0.1) is 13.8 Å². The number of ketones is 1. The second kappa shape index (κ2) is 7.58. The molecule has 1 atom stereocenters. The van der Waals surface area contributed by atoms with E-state index in [0.717, 1.165) is 27.9 Å². The average molecular weight is 406 g/mol. The lowest BCUT2D eigenvalue weighted by Crippen LogP contribution is -2.24. The third-order valence-electron chi connectivity index (χ3n) is 5.18. The maximum atomic E-state index is 12.7. The molecule has 0 radical (unpaired) electrons. The highest BCUT2D eigenvalue weighted by Gasteiger charge is 2.22. The number of aromatic amines is 1. The molecule has 0 saturated heterocycles. The van der Waals surface area contributed by atoms with Crippen LogP contribution in [-0.4, -0.2) is 42.4 Å². The minimum absolute atomic E-state index is 0.116. The molecule has 0 spiro atoms. The summed E-state index contributed by atoms with van der Waals surface area (Å²) < 4.78 is 6.96. The van der Waals surface area contributed by atoms with E-state index in [0.29, 0.717) is 17.8 Å². The van der Waals surface area contributed by atoms with Crippen molar-refractivity contribution in [3.8, 4) is 0 Å².